The normalized spacial score (nSPS) is 16.1. The van der Waals surface area contributed by atoms with Crippen LogP contribution in [0.4, 0.5) is 10.5 Å². The number of nitrogens with zero attached hydrogens (tertiary/aromatic N) is 1. The Hall–Kier alpha value is -4.43. The Kier molecular flexibility index (Phi) is 6.40. The fourth-order valence-corrected chi connectivity index (χ4v) is 5.43. The number of fused-ring (bicyclic) bond motifs is 1. The summed E-state index contributed by atoms with van der Waals surface area (Å²) in [7, 11) is 0. The molecule has 1 unspecified atom stereocenters. The number of amides is 1. The standard InChI is InChI=1S/C31H29N3O5/c1-19(20-5-3-2-4-6-20)38-30(37)34-27-18-33-39-28(27)25-12-11-23(26-17-32-16-13-24(25)26)21-7-9-22(10-8-21)31(14-15-31)29(35)36/h2-12,18-19,32H,13-17H2,1H3,(H,34,37)(H,35,36). The number of aromatic nitrogens is 1. The molecule has 3 aromatic carbocycles. The quantitative estimate of drug-likeness (QED) is 0.269. The smallest absolute Gasteiger partial charge is 0.412 e. The largest absolute Gasteiger partial charge is 0.481 e. The van der Waals surface area contributed by atoms with Gasteiger partial charge in [0, 0.05) is 12.1 Å². The molecule has 1 aliphatic carbocycles. The number of anilines is 1. The molecule has 0 radical (unpaired) electrons. The van der Waals surface area contributed by atoms with E-state index in [1.807, 2.05) is 73.7 Å². The van der Waals surface area contributed by atoms with Gasteiger partial charge in [-0.3, -0.25) is 10.1 Å². The first-order valence-corrected chi connectivity index (χ1v) is 13.1. The zero-order chi connectivity index (χ0) is 27.0. The van der Waals surface area contributed by atoms with Crippen molar-refractivity contribution in [2.45, 2.75) is 44.2 Å². The fourth-order valence-electron chi connectivity index (χ4n) is 5.43. The molecule has 8 nitrogen and oxygen atoms in total. The highest BCUT2D eigenvalue weighted by Gasteiger charge is 2.51. The number of aliphatic carboxylic acids is 1. The summed E-state index contributed by atoms with van der Waals surface area (Å²) in [5.74, 6) is -0.271. The number of carboxylic acids is 1. The van der Waals surface area contributed by atoms with Gasteiger partial charge in [0.05, 0.1) is 11.6 Å². The van der Waals surface area contributed by atoms with Gasteiger partial charge < -0.3 is 19.7 Å². The molecule has 6 rings (SSSR count). The zero-order valence-electron chi connectivity index (χ0n) is 21.6. The third kappa shape index (κ3) is 4.68. The molecule has 2 aliphatic rings. The van der Waals surface area contributed by atoms with E-state index >= 15 is 0 Å². The Morgan fingerprint density at radius 1 is 1.03 bits per heavy atom. The van der Waals surface area contributed by atoms with Crippen LogP contribution in [0.25, 0.3) is 22.5 Å². The molecule has 1 aromatic heterocycles. The molecule has 0 spiro atoms. The van der Waals surface area contributed by atoms with Crippen LogP contribution in [0.2, 0.25) is 0 Å². The molecule has 0 bridgehead atoms. The van der Waals surface area contributed by atoms with Gasteiger partial charge in [0.2, 0.25) is 0 Å². The van der Waals surface area contributed by atoms with Gasteiger partial charge in [-0.15, -0.1) is 0 Å². The van der Waals surface area contributed by atoms with E-state index in [9.17, 15) is 14.7 Å². The summed E-state index contributed by atoms with van der Waals surface area (Å²) in [5, 5.41) is 19.9. The molecule has 1 atom stereocenters. The highest BCUT2D eigenvalue weighted by molar-refractivity contribution is 5.91. The van der Waals surface area contributed by atoms with Crippen molar-refractivity contribution in [2.75, 3.05) is 11.9 Å². The summed E-state index contributed by atoms with van der Waals surface area (Å²) in [6, 6.07) is 21.5. The summed E-state index contributed by atoms with van der Waals surface area (Å²) < 4.78 is 11.2. The third-order valence-electron chi connectivity index (χ3n) is 7.80. The molecule has 39 heavy (non-hydrogen) atoms. The number of ether oxygens (including phenoxy) is 1. The second kappa shape index (κ2) is 10.0. The van der Waals surface area contributed by atoms with Crippen LogP contribution < -0.4 is 10.6 Å². The molecule has 1 fully saturated rings. The minimum atomic E-state index is -0.754. The predicted molar refractivity (Wildman–Crippen MR) is 146 cm³/mol. The van der Waals surface area contributed by atoms with Crippen LogP contribution >= 0.6 is 0 Å². The van der Waals surface area contributed by atoms with Gasteiger partial charge in [-0.25, -0.2) is 4.79 Å². The van der Waals surface area contributed by atoms with E-state index in [0.29, 0.717) is 30.8 Å². The molecular weight excluding hydrogens is 494 g/mol. The first-order valence-electron chi connectivity index (χ1n) is 13.1. The predicted octanol–water partition coefficient (Wildman–Crippen LogP) is 6.08. The third-order valence-corrected chi connectivity index (χ3v) is 7.80. The Morgan fingerprint density at radius 3 is 2.49 bits per heavy atom. The van der Waals surface area contributed by atoms with Crippen molar-refractivity contribution in [1.82, 2.24) is 10.5 Å². The SMILES string of the molecule is CC(OC(=O)Nc1cnoc1-c1ccc(-c2ccc(C3(C(=O)O)CC3)cc2)c2c1CCNC2)c1ccccc1. The van der Waals surface area contributed by atoms with Crippen molar-refractivity contribution in [3.63, 3.8) is 0 Å². The van der Waals surface area contributed by atoms with Crippen LogP contribution in [0.15, 0.2) is 77.4 Å². The molecule has 4 aromatic rings. The first kappa shape index (κ1) is 24.9. The number of hydrogen-bond donors (Lipinski definition) is 3. The Labute approximate surface area is 226 Å². The van der Waals surface area contributed by atoms with E-state index in [-0.39, 0.29) is 0 Å². The average molecular weight is 524 g/mol. The van der Waals surface area contributed by atoms with Gasteiger partial charge >= 0.3 is 12.1 Å². The van der Waals surface area contributed by atoms with Crippen molar-refractivity contribution in [2.24, 2.45) is 0 Å². The van der Waals surface area contributed by atoms with Crippen LogP contribution in [-0.2, 0) is 27.9 Å². The summed E-state index contributed by atoms with van der Waals surface area (Å²) >= 11 is 0. The topological polar surface area (TPSA) is 114 Å². The Bertz CT molecular complexity index is 1520. The maximum Gasteiger partial charge on any atom is 0.412 e. The lowest BCUT2D eigenvalue weighted by Gasteiger charge is -2.23. The van der Waals surface area contributed by atoms with E-state index < -0.39 is 23.6 Å². The molecule has 1 amide bonds. The number of benzene rings is 3. The molecule has 198 valence electrons. The fraction of sp³-hybridized carbons (Fsp3) is 0.258. The van der Waals surface area contributed by atoms with E-state index in [1.54, 1.807) is 0 Å². The van der Waals surface area contributed by atoms with E-state index in [0.717, 1.165) is 51.9 Å². The minimum absolute atomic E-state index is 0.413. The van der Waals surface area contributed by atoms with Crippen LogP contribution in [0, 0.1) is 0 Å². The first-order chi connectivity index (χ1) is 19.0. The van der Waals surface area contributed by atoms with Crippen LogP contribution in [-0.4, -0.2) is 28.9 Å². The van der Waals surface area contributed by atoms with Gasteiger partial charge in [-0.05, 0) is 66.1 Å². The van der Waals surface area contributed by atoms with Gasteiger partial charge in [0.1, 0.15) is 11.8 Å². The van der Waals surface area contributed by atoms with Gasteiger partial charge in [-0.1, -0.05) is 71.9 Å². The number of rotatable bonds is 7. The molecular formula is C31H29N3O5. The van der Waals surface area contributed by atoms with Crippen molar-refractivity contribution in [3.05, 3.63) is 95.2 Å². The zero-order valence-corrected chi connectivity index (χ0v) is 21.6. The lowest BCUT2D eigenvalue weighted by molar-refractivity contribution is -0.140. The molecule has 0 saturated heterocycles. The van der Waals surface area contributed by atoms with Crippen LogP contribution in [0.3, 0.4) is 0 Å². The number of carbonyl (C=O) groups excluding carboxylic acids is 1. The highest BCUT2D eigenvalue weighted by Crippen LogP contribution is 2.49. The summed E-state index contributed by atoms with van der Waals surface area (Å²) in [6.07, 6.45) is 2.64. The van der Waals surface area contributed by atoms with Gasteiger partial charge in [-0.2, -0.15) is 0 Å². The Morgan fingerprint density at radius 2 is 1.77 bits per heavy atom. The van der Waals surface area contributed by atoms with Crippen LogP contribution in [0.5, 0.6) is 0 Å². The average Bonchev–Trinajstić information content (AvgIpc) is 3.66. The molecule has 8 heteroatoms. The summed E-state index contributed by atoms with van der Waals surface area (Å²) in [5.41, 5.74) is 6.74. The number of carbonyl (C=O) groups is 2. The lowest BCUT2D eigenvalue weighted by Crippen LogP contribution is -2.25. The van der Waals surface area contributed by atoms with E-state index in [1.165, 1.54) is 6.20 Å². The Balaban J connectivity index is 1.27. The molecule has 1 saturated carbocycles. The molecule has 1 aliphatic heterocycles. The monoisotopic (exact) mass is 523 g/mol. The number of carboxylic acid groups (broad SMARTS) is 1. The van der Waals surface area contributed by atoms with Gasteiger partial charge in [0.25, 0.3) is 0 Å². The highest BCUT2D eigenvalue weighted by atomic mass is 16.6. The minimum Gasteiger partial charge on any atom is -0.481 e. The second-order valence-corrected chi connectivity index (χ2v) is 10.2. The van der Waals surface area contributed by atoms with Crippen molar-refractivity contribution in [1.29, 1.82) is 0 Å². The van der Waals surface area contributed by atoms with E-state index in [2.05, 4.69) is 15.8 Å². The molecule has 3 N–H and O–H groups in total. The number of hydrogen-bond acceptors (Lipinski definition) is 6. The van der Waals surface area contributed by atoms with Crippen molar-refractivity contribution in [3.8, 4) is 22.5 Å². The summed E-state index contributed by atoms with van der Waals surface area (Å²) in [4.78, 5) is 24.4. The van der Waals surface area contributed by atoms with E-state index in [4.69, 9.17) is 9.26 Å². The molecule has 2 heterocycles. The van der Waals surface area contributed by atoms with Gasteiger partial charge in [0.15, 0.2) is 5.76 Å². The number of nitrogens with one attached hydrogen (secondary N) is 2. The second-order valence-electron chi connectivity index (χ2n) is 10.2. The van der Waals surface area contributed by atoms with Crippen molar-refractivity contribution >= 4 is 17.7 Å². The summed E-state index contributed by atoms with van der Waals surface area (Å²) in [6.45, 7) is 3.33. The maximum atomic E-state index is 12.7. The maximum absolute atomic E-state index is 12.7. The lowest BCUT2D eigenvalue weighted by atomic mass is 9.86. The van der Waals surface area contributed by atoms with Crippen LogP contribution in [0.1, 0.15) is 48.1 Å². The van der Waals surface area contributed by atoms with Crippen molar-refractivity contribution < 1.29 is 24.0 Å².